The molecule has 1 saturated heterocycles. The quantitative estimate of drug-likeness (QED) is 0.803. The van der Waals surface area contributed by atoms with Crippen LogP contribution in [0.1, 0.15) is 31.7 Å². The number of carbonyl (C=O) groups is 1. The van der Waals surface area contributed by atoms with E-state index in [0.717, 1.165) is 28.8 Å². The Balaban J connectivity index is 2.37. The monoisotopic (exact) mass is 322 g/mol. The maximum atomic E-state index is 10.9. The highest BCUT2D eigenvalue weighted by molar-refractivity contribution is 9.10. The summed E-state index contributed by atoms with van der Waals surface area (Å²) in [5.41, 5.74) is 2.28. The highest BCUT2D eigenvalue weighted by Crippen LogP contribution is 2.28. The van der Waals surface area contributed by atoms with Gasteiger partial charge in [0.1, 0.15) is 0 Å². The minimum absolute atomic E-state index is 0.247. The number of nitrogens with zero attached hydrogens (tertiary/aromatic N) is 1. The minimum atomic E-state index is -1.12. The van der Waals surface area contributed by atoms with Crippen LogP contribution in [0.4, 0.5) is 5.69 Å². The Morgan fingerprint density at radius 1 is 1.32 bits per heavy atom. The van der Waals surface area contributed by atoms with Crippen LogP contribution in [0.25, 0.3) is 6.08 Å². The predicted molar refractivity (Wildman–Crippen MR) is 78.9 cm³/mol. The van der Waals surface area contributed by atoms with Crippen molar-refractivity contribution in [2.24, 2.45) is 0 Å². The van der Waals surface area contributed by atoms with Crippen molar-refractivity contribution in [1.82, 2.24) is 0 Å². The van der Waals surface area contributed by atoms with Gasteiger partial charge in [-0.25, -0.2) is 0 Å². The Kier molecular flexibility index (Phi) is 4.64. The molecule has 19 heavy (non-hydrogen) atoms. The number of anilines is 1. The topological polar surface area (TPSA) is 43.4 Å². The van der Waals surface area contributed by atoms with E-state index >= 15 is 0 Å². The Hall–Kier alpha value is -1.29. The summed E-state index contributed by atoms with van der Waals surface area (Å²) in [5, 5.41) is 10.9. The van der Waals surface area contributed by atoms with E-state index in [0.29, 0.717) is 0 Å². The van der Waals surface area contributed by atoms with Gasteiger partial charge in [0.05, 0.1) is 5.97 Å². The summed E-state index contributed by atoms with van der Waals surface area (Å²) in [6.07, 6.45) is 5.34. The van der Waals surface area contributed by atoms with Crippen molar-refractivity contribution in [3.8, 4) is 0 Å². The fourth-order valence-corrected chi connectivity index (χ4v) is 2.73. The third kappa shape index (κ3) is 3.60. The molecule has 0 saturated carbocycles. The Bertz CT molecular complexity index is 505. The summed E-state index contributed by atoms with van der Waals surface area (Å²) in [7, 11) is 0. The molecule has 1 aromatic rings. The summed E-state index contributed by atoms with van der Waals surface area (Å²) >= 11 is 3.44. The Morgan fingerprint density at radius 2 is 2.00 bits per heavy atom. The molecule has 0 aromatic heterocycles. The number of benzene rings is 1. The van der Waals surface area contributed by atoms with E-state index in [1.807, 2.05) is 18.2 Å². The van der Waals surface area contributed by atoms with Crippen LogP contribution in [0.2, 0.25) is 0 Å². The second-order valence-electron chi connectivity index (χ2n) is 4.87. The normalized spacial score (nSPS) is 16.5. The van der Waals surface area contributed by atoms with Gasteiger partial charge in [-0.2, -0.15) is 0 Å². The molecule has 0 aliphatic carbocycles. The number of piperidine rings is 1. The van der Waals surface area contributed by atoms with Crippen molar-refractivity contribution < 1.29 is 9.90 Å². The molecule has 1 aliphatic heterocycles. The molecule has 0 bridgehead atoms. The lowest BCUT2D eigenvalue weighted by Crippen LogP contribution is -2.30. The number of carbonyl (C=O) groups excluding carboxylic acids is 1. The van der Waals surface area contributed by atoms with Gasteiger partial charge in [-0.3, -0.25) is 0 Å². The van der Waals surface area contributed by atoms with Gasteiger partial charge >= 0.3 is 0 Å². The van der Waals surface area contributed by atoms with Crippen molar-refractivity contribution in [1.29, 1.82) is 0 Å². The zero-order valence-corrected chi connectivity index (χ0v) is 12.6. The molecule has 3 nitrogen and oxygen atoms in total. The van der Waals surface area contributed by atoms with E-state index in [4.69, 9.17) is 0 Å². The molecular formula is C15H17BrNO2-. The number of halogens is 1. The van der Waals surface area contributed by atoms with E-state index in [9.17, 15) is 9.90 Å². The van der Waals surface area contributed by atoms with Gasteiger partial charge in [0.2, 0.25) is 0 Å². The van der Waals surface area contributed by atoms with Crippen LogP contribution in [0.15, 0.2) is 28.2 Å². The Labute approximate surface area is 122 Å². The van der Waals surface area contributed by atoms with Gasteiger partial charge in [0.25, 0.3) is 0 Å². The molecule has 0 N–H and O–H groups in total. The summed E-state index contributed by atoms with van der Waals surface area (Å²) in [5.74, 6) is -1.12. The van der Waals surface area contributed by atoms with Crippen LogP contribution in [-0.4, -0.2) is 19.1 Å². The zero-order valence-electron chi connectivity index (χ0n) is 11.0. The lowest BCUT2D eigenvalue weighted by Gasteiger charge is -2.30. The average molecular weight is 323 g/mol. The lowest BCUT2D eigenvalue weighted by atomic mass is 10.1. The van der Waals surface area contributed by atoms with Crippen LogP contribution in [0.5, 0.6) is 0 Å². The third-order valence-electron chi connectivity index (χ3n) is 3.38. The van der Waals surface area contributed by atoms with Crippen LogP contribution in [-0.2, 0) is 4.79 Å². The second kappa shape index (κ2) is 6.24. The molecule has 0 unspecified atom stereocenters. The minimum Gasteiger partial charge on any atom is -0.545 e. The van der Waals surface area contributed by atoms with Crippen LogP contribution in [0.3, 0.4) is 0 Å². The largest absolute Gasteiger partial charge is 0.545 e. The van der Waals surface area contributed by atoms with Crippen molar-refractivity contribution in [2.45, 2.75) is 26.2 Å². The number of hydrogen-bond acceptors (Lipinski definition) is 3. The maximum Gasteiger partial charge on any atom is 0.0672 e. The third-order valence-corrected chi connectivity index (χ3v) is 3.87. The van der Waals surface area contributed by atoms with E-state index in [1.165, 1.54) is 19.3 Å². The number of aliphatic carboxylic acids is 1. The first-order valence-electron chi connectivity index (χ1n) is 6.52. The van der Waals surface area contributed by atoms with Crippen LogP contribution < -0.4 is 10.0 Å². The maximum absolute atomic E-state index is 10.9. The summed E-state index contributed by atoms with van der Waals surface area (Å²) in [4.78, 5) is 13.2. The van der Waals surface area contributed by atoms with Gasteiger partial charge in [0.15, 0.2) is 0 Å². The van der Waals surface area contributed by atoms with Crippen molar-refractivity contribution in [2.75, 3.05) is 18.0 Å². The predicted octanol–water partition coefficient (Wildman–Crippen LogP) is 2.59. The molecule has 1 aromatic carbocycles. The van der Waals surface area contributed by atoms with E-state index in [2.05, 4.69) is 20.8 Å². The van der Waals surface area contributed by atoms with Gasteiger partial charge in [0, 0.05) is 23.2 Å². The smallest absolute Gasteiger partial charge is 0.0672 e. The molecule has 1 aliphatic rings. The lowest BCUT2D eigenvalue weighted by molar-refractivity contribution is -0.299. The summed E-state index contributed by atoms with van der Waals surface area (Å²) in [6.45, 7) is 3.63. The molecule has 1 heterocycles. The molecule has 0 radical (unpaired) electrons. The first kappa shape index (κ1) is 14.1. The fraction of sp³-hybridized carbons (Fsp3) is 0.400. The SMILES string of the molecule is C/C(=C\c1cc(Br)ccc1N1CCCCC1)C(=O)[O-]. The molecule has 1 fully saturated rings. The molecule has 4 heteroatoms. The highest BCUT2D eigenvalue weighted by atomic mass is 79.9. The number of hydrogen-bond donors (Lipinski definition) is 0. The summed E-state index contributed by atoms with van der Waals surface area (Å²) < 4.78 is 0.950. The van der Waals surface area contributed by atoms with Crippen LogP contribution >= 0.6 is 15.9 Å². The number of carboxylic acids is 1. The first-order valence-corrected chi connectivity index (χ1v) is 7.31. The van der Waals surface area contributed by atoms with Gasteiger partial charge in [-0.05, 0) is 61.6 Å². The van der Waals surface area contributed by atoms with Crippen LogP contribution in [0, 0.1) is 0 Å². The van der Waals surface area contributed by atoms with Gasteiger partial charge < -0.3 is 14.8 Å². The molecule has 0 atom stereocenters. The highest BCUT2D eigenvalue weighted by Gasteiger charge is 2.13. The molecule has 102 valence electrons. The Morgan fingerprint density at radius 3 is 2.63 bits per heavy atom. The molecule has 0 amide bonds. The number of rotatable bonds is 3. The standard InChI is InChI=1S/C15H18BrNO2/c1-11(15(18)19)9-12-10-13(16)5-6-14(12)17-7-3-2-4-8-17/h5-6,9-10H,2-4,7-8H2,1H3,(H,18,19)/p-1/b11-9+. The van der Waals surface area contributed by atoms with Crippen molar-refractivity contribution >= 4 is 33.7 Å². The first-order chi connectivity index (χ1) is 9.08. The zero-order chi connectivity index (χ0) is 13.8. The molecule has 2 rings (SSSR count). The molecule has 0 spiro atoms. The van der Waals surface area contributed by atoms with E-state index < -0.39 is 5.97 Å². The average Bonchev–Trinajstić information content (AvgIpc) is 2.39. The van der Waals surface area contributed by atoms with Gasteiger partial charge in [-0.15, -0.1) is 0 Å². The van der Waals surface area contributed by atoms with E-state index in [-0.39, 0.29) is 5.57 Å². The van der Waals surface area contributed by atoms with Gasteiger partial charge in [-0.1, -0.05) is 15.9 Å². The fourth-order valence-electron chi connectivity index (χ4n) is 2.36. The molecular weight excluding hydrogens is 306 g/mol. The number of carboxylic acid groups (broad SMARTS) is 1. The van der Waals surface area contributed by atoms with Crippen molar-refractivity contribution in [3.05, 3.63) is 33.8 Å². The second-order valence-corrected chi connectivity index (χ2v) is 5.78. The summed E-state index contributed by atoms with van der Waals surface area (Å²) in [6, 6.07) is 6.00. The van der Waals surface area contributed by atoms with E-state index in [1.54, 1.807) is 13.0 Å². The van der Waals surface area contributed by atoms with Crippen molar-refractivity contribution in [3.63, 3.8) is 0 Å².